The number of carbonyl (C=O) groups excluding carboxylic acids is 2. The van der Waals surface area contributed by atoms with Crippen LogP contribution >= 0.6 is 22.9 Å². The van der Waals surface area contributed by atoms with E-state index in [0.29, 0.717) is 40.4 Å². The third-order valence-electron chi connectivity index (χ3n) is 7.13. The van der Waals surface area contributed by atoms with Crippen LogP contribution in [-0.4, -0.2) is 86.3 Å². The van der Waals surface area contributed by atoms with Crippen LogP contribution in [0, 0.1) is 11.8 Å². The number of carbonyl (C=O) groups is 2. The van der Waals surface area contributed by atoms with Gasteiger partial charge in [0.2, 0.25) is 21.8 Å². The molecule has 1 aromatic heterocycles. The predicted octanol–water partition coefficient (Wildman–Crippen LogP) is 2.00. The summed E-state index contributed by atoms with van der Waals surface area (Å²) >= 11 is 7.15. The van der Waals surface area contributed by atoms with Crippen LogP contribution in [0.15, 0.2) is 29.7 Å². The molecule has 1 aromatic rings. The molecule has 3 aliphatic heterocycles. The second-order valence-electron chi connectivity index (χ2n) is 9.53. The van der Waals surface area contributed by atoms with Gasteiger partial charge in [0.1, 0.15) is 6.04 Å². The molecule has 0 bridgehead atoms. The molecule has 3 unspecified atom stereocenters. The Labute approximate surface area is 209 Å². The molecule has 4 aliphatic rings. The van der Waals surface area contributed by atoms with Crippen molar-refractivity contribution in [3.8, 4) is 0 Å². The van der Waals surface area contributed by atoms with Gasteiger partial charge in [-0.25, -0.2) is 8.42 Å². The van der Waals surface area contributed by atoms with Crippen molar-refractivity contribution >= 4 is 50.9 Å². The largest absolute Gasteiger partial charge is 0.336 e. The average Bonchev–Trinajstić information content (AvgIpc) is 3.11. The molecule has 0 spiro atoms. The van der Waals surface area contributed by atoms with Crippen molar-refractivity contribution in [1.82, 2.24) is 19.4 Å². The molecule has 11 heteroatoms. The third kappa shape index (κ3) is 5.41. The number of rotatable bonds is 8. The molecule has 4 heterocycles. The molecular weight excluding hydrogens is 496 g/mol. The molecule has 1 aliphatic carbocycles. The van der Waals surface area contributed by atoms with Crippen LogP contribution in [0.2, 0.25) is 4.34 Å². The molecule has 0 aromatic carbocycles. The van der Waals surface area contributed by atoms with Gasteiger partial charge in [0.25, 0.3) is 0 Å². The van der Waals surface area contributed by atoms with Gasteiger partial charge in [-0.3, -0.25) is 14.5 Å². The van der Waals surface area contributed by atoms with E-state index in [4.69, 9.17) is 11.6 Å². The summed E-state index contributed by atoms with van der Waals surface area (Å²) in [5.41, 5.74) is 0. The maximum absolute atomic E-state index is 13.2. The number of nitrogens with one attached hydrogen (secondary N) is 1. The van der Waals surface area contributed by atoms with Gasteiger partial charge < -0.3 is 9.80 Å². The van der Waals surface area contributed by atoms with E-state index in [9.17, 15) is 18.0 Å². The van der Waals surface area contributed by atoms with Gasteiger partial charge in [0, 0.05) is 49.1 Å². The quantitative estimate of drug-likeness (QED) is 0.525. The number of thiophene rings is 1. The lowest BCUT2D eigenvalue weighted by molar-refractivity contribution is -0.144. The Morgan fingerprint density at radius 3 is 2.79 bits per heavy atom. The van der Waals surface area contributed by atoms with E-state index in [1.807, 2.05) is 4.90 Å². The van der Waals surface area contributed by atoms with Gasteiger partial charge in [0.15, 0.2) is 0 Å². The molecule has 2 amide bonds. The minimum absolute atomic E-state index is 0.00871. The summed E-state index contributed by atoms with van der Waals surface area (Å²) < 4.78 is 28.1. The molecule has 4 atom stereocenters. The molecule has 2 saturated heterocycles. The van der Waals surface area contributed by atoms with Crippen LogP contribution in [0.25, 0.3) is 6.08 Å². The van der Waals surface area contributed by atoms with Crippen LogP contribution in [0.4, 0.5) is 0 Å². The standard InChI is InChI=1S/C23H29ClN4O4S2/c24-21-6-5-17(33-21)7-11-34(31,32)25-19-4-3-10-27(23(19)30)15-22(29)28-13-16-12-18(16)20(28)14-26-8-1-2-9-26/h1-2,5-7,11,16,18-20,25H,3-4,8-10,12-15H2/t16?,18?,19-,20?/m0/s1. The van der Waals surface area contributed by atoms with E-state index in [1.165, 1.54) is 28.7 Å². The highest BCUT2D eigenvalue weighted by molar-refractivity contribution is 7.92. The number of likely N-dealkylation sites (tertiary alicyclic amines) is 2. The van der Waals surface area contributed by atoms with Crippen LogP contribution < -0.4 is 4.72 Å². The topological polar surface area (TPSA) is 90.0 Å². The van der Waals surface area contributed by atoms with Crippen LogP contribution in [-0.2, 0) is 19.6 Å². The second kappa shape index (κ2) is 9.73. The monoisotopic (exact) mass is 524 g/mol. The molecule has 1 saturated carbocycles. The van der Waals surface area contributed by atoms with E-state index in [2.05, 4.69) is 21.8 Å². The lowest BCUT2D eigenvalue weighted by Gasteiger charge is -2.35. The first kappa shape index (κ1) is 24.0. The lowest BCUT2D eigenvalue weighted by atomic mass is 10.1. The van der Waals surface area contributed by atoms with Crippen LogP contribution in [0.1, 0.15) is 24.1 Å². The fourth-order valence-electron chi connectivity index (χ4n) is 5.30. The van der Waals surface area contributed by atoms with Crippen molar-refractivity contribution in [1.29, 1.82) is 0 Å². The number of sulfonamides is 1. The molecule has 8 nitrogen and oxygen atoms in total. The Kier molecular flexibility index (Phi) is 6.87. The molecule has 184 valence electrons. The van der Waals surface area contributed by atoms with E-state index >= 15 is 0 Å². The SMILES string of the molecule is O=C1[C@@H](NS(=O)(=O)C=Cc2ccc(Cl)s2)CCCN1CC(=O)N1CC2CC2C1CN1CC=CC1. The Balaban J connectivity index is 1.18. The Morgan fingerprint density at radius 2 is 2.06 bits per heavy atom. The summed E-state index contributed by atoms with van der Waals surface area (Å²) in [6, 6.07) is 2.78. The first-order chi connectivity index (χ1) is 16.3. The molecular formula is C23H29ClN4O4S2. The highest BCUT2D eigenvalue weighted by Gasteiger charge is 2.54. The van der Waals surface area contributed by atoms with Gasteiger partial charge in [-0.05, 0) is 49.3 Å². The van der Waals surface area contributed by atoms with Gasteiger partial charge >= 0.3 is 0 Å². The zero-order valence-electron chi connectivity index (χ0n) is 18.8. The van der Waals surface area contributed by atoms with Crippen molar-refractivity contribution in [3.05, 3.63) is 38.9 Å². The van der Waals surface area contributed by atoms with Crippen LogP contribution in [0.3, 0.4) is 0 Å². The van der Waals surface area contributed by atoms with E-state index in [-0.39, 0.29) is 24.4 Å². The summed E-state index contributed by atoms with van der Waals surface area (Å²) in [6.07, 6.45) is 8.02. The van der Waals surface area contributed by atoms with E-state index in [0.717, 1.165) is 31.6 Å². The minimum atomic E-state index is -3.82. The number of nitrogens with zero attached hydrogens (tertiary/aromatic N) is 3. The second-order valence-corrected chi connectivity index (χ2v) is 12.9. The predicted molar refractivity (Wildman–Crippen MR) is 133 cm³/mol. The van der Waals surface area contributed by atoms with Crippen molar-refractivity contribution < 1.29 is 18.0 Å². The maximum atomic E-state index is 13.2. The number of halogens is 1. The Morgan fingerprint density at radius 1 is 1.26 bits per heavy atom. The summed E-state index contributed by atoms with van der Waals surface area (Å²) in [7, 11) is -3.82. The zero-order chi connectivity index (χ0) is 23.9. The molecule has 1 N–H and O–H groups in total. The Hall–Kier alpha value is -1.72. The summed E-state index contributed by atoms with van der Waals surface area (Å²) in [6.45, 7) is 3.97. The number of hydrogen-bond acceptors (Lipinski definition) is 6. The highest BCUT2D eigenvalue weighted by atomic mass is 35.5. The normalized spacial score (nSPS) is 29.4. The van der Waals surface area contributed by atoms with Gasteiger partial charge in [-0.1, -0.05) is 23.8 Å². The van der Waals surface area contributed by atoms with Crippen molar-refractivity contribution in [2.75, 3.05) is 39.3 Å². The first-order valence-corrected chi connectivity index (χ1v) is 14.4. The molecule has 34 heavy (non-hydrogen) atoms. The summed E-state index contributed by atoms with van der Waals surface area (Å²) in [5, 5.41) is 1.06. The lowest BCUT2D eigenvalue weighted by Crippen LogP contribution is -2.55. The maximum Gasteiger partial charge on any atom is 0.242 e. The fraction of sp³-hybridized carbons (Fsp3) is 0.565. The van der Waals surface area contributed by atoms with Crippen molar-refractivity contribution in [2.45, 2.75) is 31.3 Å². The van der Waals surface area contributed by atoms with Gasteiger partial charge in [0.05, 0.1) is 10.9 Å². The fourth-order valence-corrected chi connectivity index (χ4v) is 7.37. The first-order valence-electron chi connectivity index (χ1n) is 11.7. The third-order valence-corrected chi connectivity index (χ3v) is 9.44. The molecule has 5 rings (SSSR count). The Bertz CT molecular complexity index is 1110. The van der Waals surface area contributed by atoms with Crippen molar-refractivity contribution in [2.24, 2.45) is 11.8 Å². The average molecular weight is 525 g/mol. The summed E-state index contributed by atoms with van der Waals surface area (Å²) in [5.74, 6) is 0.799. The van der Waals surface area contributed by atoms with E-state index in [1.54, 1.807) is 12.1 Å². The van der Waals surface area contributed by atoms with Crippen LogP contribution in [0.5, 0.6) is 0 Å². The number of hydrogen-bond donors (Lipinski definition) is 1. The zero-order valence-corrected chi connectivity index (χ0v) is 21.2. The number of amides is 2. The number of fused-ring (bicyclic) bond motifs is 1. The van der Waals surface area contributed by atoms with Crippen molar-refractivity contribution in [3.63, 3.8) is 0 Å². The summed E-state index contributed by atoms with van der Waals surface area (Å²) in [4.78, 5) is 32.8. The van der Waals surface area contributed by atoms with Gasteiger partial charge in [-0.15, -0.1) is 11.3 Å². The highest BCUT2D eigenvalue weighted by Crippen LogP contribution is 2.49. The molecule has 3 fully saturated rings. The van der Waals surface area contributed by atoms with E-state index < -0.39 is 16.1 Å². The smallest absolute Gasteiger partial charge is 0.242 e. The number of piperidine rings is 2. The molecule has 0 radical (unpaired) electrons. The van der Waals surface area contributed by atoms with Gasteiger partial charge in [-0.2, -0.15) is 4.72 Å². The minimum Gasteiger partial charge on any atom is -0.336 e.